The molecular weight excluding hydrogens is 504 g/mol. The number of ether oxygens (including phenoxy) is 4. The molecule has 0 aliphatic heterocycles. The van der Waals surface area contributed by atoms with Crippen molar-refractivity contribution in [3.8, 4) is 0 Å². The first-order valence-electron chi connectivity index (χ1n) is 12.6. The van der Waals surface area contributed by atoms with Crippen LogP contribution >= 0.6 is 0 Å². The Kier molecular flexibility index (Phi) is 24.1. The van der Waals surface area contributed by atoms with Crippen LogP contribution in [0.3, 0.4) is 0 Å². The molecular formula is C26H44O12. The minimum Gasteiger partial charge on any atom is -0.466 e. The van der Waals surface area contributed by atoms with E-state index in [4.69, 9.17) is 9.47 Å². The molecule has 0 radical (unpaired) electrons. The van der Waals surface area contributed by atoms with Gasteiger partial charge in [0.1, 0.15) is 13.2 Å². The molecule has 0 aromatic heterocycles. The Morgan fingerprint density at radius 3 is 1.13 bits per heavy atom. The van der Waals surface area contributed by atoms with Gasteiger partial charge in [0.25, 0.3) is 0 Å². The van der Waals surface area contributed by atoms with Crippen molar-refractivity contribution in [3.05, 3.63) is 24.3 Å². The Labute approximate surface area is 224 Å². The van der Waals surface area contributed by atoms with Crippen LogP contribution in [0.1, 0.15) is 65.2 Å². The molecule has 38 heavy (non-hydrogen) atoms. The number of carbonyl (C=O) groups is 4. The molecule has 0 aromatic rings. The Hall–Kier alpha value is -2.80. The van der Waals surface area contributed by atoms with Crippen molar-refractivity contribution in [1.82, 2.24) is 0 Å². The van der Waals surface area contributed by atoms with Crippen LogP contribution in [0.5, 0.6) is 0 Å². The molecule has 0 amide bonds. The van der Waals surface area contributed by atoms with Gasteiger partial charge in [-0.1, -0.05) is 13.8 Å². The zero-order valence-electron chi connectivity index (χ0n) is 22.7. The second-order valence-electron chi connectivity index (χ2n) is 8.27. The molecule has 0 bridgehead atoms. The van der Waals surface area contributed by atoms with Crippen molar-refractivity contribution >= 4 is 23.9 Å². The minimum absolute atomic E-state index is 0.132. The number of methoxy groups -OCH3 is 2. The number of aliphatic hydroxyl groups excluding tert-OH is 4. The largest absolute Gasteiger partial charge is 0.466 e. The summed E-state index contributed by atoms with van der Waals surface area (Å²) < 4.78 is 18.1. The highest BCUT2D eigenvalue weighted by molar-refractivity contribution is 5.92. The van der Waals surface area contributed by atoms with Crippen LogP contribution in [-0.2, 0) is 38.1 Å². The quantitative estimate of drug-likeness (QED) is 0.109. The molecule has 12 nitrogen and oxygen atoms in total. The maximum absolute atomic E-state index is 11.1. The van der Waals surface area contributed by atoms with E-state index in [9.17, 15) is 39.6 Å². The molecule has 0 aliphatic carbocycles. The molecule has 0 rings (SSSR count). The predicted octanol–water partition coefficient (Wildman–Crippen LogP) is 1.12. The third-order valence-corrected chi connectivity index (χ3v) is 5.04. The molecule has 0 saturated carbocycles. The molecule has 0 spiro atoms. The summed E-state index contributed by atoms with van der Waals surface area (Å²) in [7, 11) is 2.40. The Morgan fingerprint density at radius 2 is 0.842 bits per heavy atom. The summed E-state index contributed by atoms with van der Waals surface area (Å²) in [5.41, 5.74) is 0. The van der Waals surface area contributed by atoms with E-state index in [-0.39, 0.29) is 25.4 Å². The average Bonchev–Trinajstić information content (AvgIpc) is 2.92. The first kappa shape index (κ1) is 37.4. The summed E-state index contributed by atoms with van der Waals surface area (Å²) in [6.07, 6.45) is 6.38. The maximum atomic E-state index is 11.1. The zero-order chi connectivity index (χ0) is 29.3. The van der Waals surface area contributed by atoms with Gasteiger partial charge in [0.15, 0.2) is 0 Å². The van der Waals surface area contributed by atoms with Crippen LogP contribution in [0.4, 0.5) is 0 Å². The smallest absolute Gasteiger partial charge is 0.331 e. The van der Waals surface area contributed by atoms with Gasteiger partial charge in [-0.05, 0) is 51.4 Å². The van der Waals surface area contributed by atoms with Crippen LogP contribution in [0.15, 0.2) is 24.3 Å². The van der Waals surface area contributed by atoms with Crippen molar-refractivity contribution in [1.29, 1.82) is 0 Å². The van der Waals surface area contributed by atoms with Gasteiger partial charge in [-0.3, -0.25) is 0 Å². The first-order chi connectivity index (χ1) is 18.0. The SMILES string of the molecule is CCC(O)CCCC(O)COC(=O)/C=C/C(=O)OC.CCC(O)CCCC(O)COC(=O)/C=C/C(=O)OC. The molecule has 4 unspecified atom stereocenters. The summed E-state index contributed by atoms with van der Waals surface area (Å²) in [5.74, 6) is -2.71. The van der Waals surface area contributed by atoms with Crippen molar-refractivity contribution in [2.45, 2.75) is 89.6 Å². The van der Waals surface area contributed by atoms with E-state index in [1.807, 2.05) is 13.8 Å². The van der Waals surface area contributed by atoms with Crippen molar-refractivity contribution in [2.75, 3.05) is 27.4 Å². The second kappa shape index (κ2) is 24.5. The topological polar surface area (TPSA) is 186 Å². The fraction of sp³-hybridized carbons (Fsp3) is 0.692. The normalized spacial score (nSPS) is 14.1. The number of carbonyl (C=O) groups excluding carboxylic acids is 4. The van der Waals surface area contributed by atoms with Gasteiger partial charge < -0.3 is 39.4 Å². The molecule has 4 atom stereocenters. The van der Waals surface area contributed by atoms with Crippen molar-refractivity contribution < 1.29 is 58.6 Å². The van der Waals surface area contributed by atoms with Gasteiger partial charge in [0.2, 0.25) is 0 Å². The van der Waals surface area contributed by atoms with Crippen LogP contribution in [-0.4, -0.2) is 96.2 Å². The van der Waals surface area contributed by atoms with Gasteiger partial charge in [-0.2, -0.15) is 0 Å². The molecule has 0 fully saturated rings. The fourth-order valence-corrected chi connectivity index (χ4v) is 2.61. The summed E-state index contributed by atoms with van der Waals surface area (Å²) in [4.78, 5) is 43.7. The molecule has 0 aliphatic rings. The fourth-order valence-electron chi connectivity index (χ4n) is 2.61. The summed E-state index contributed by atoms with van der Waals surface area (Å²) in [6, 6.07) is 0. The van der Waals surface area contributed by atoms with Crippen LogP contribution in [0, 0.1) is 0 Å². The Balaban J connectivity index is 0. The highest BCUT2D eigenvalue weighted by Crippen LogP contribution is 2.08. The third-order valence-electron chi connectivity index (χ3n) is 5.04. The third kappa shape index (κ3) is 24.9. The van der Waals surface area contributed by atoms with Gasteiger partial charge in [0, 0.05) is 24.3 Å². The van der Waals surface area contributed by atoms with E-state index in [0.29, 0.717) is 51.4 Å². The average molecular weight is 549 g/mol. The van der Waals surface area contributed by atoms with Gasteiger partial charge in [-0.25, -0.2) is 19.2 Å². The number of hydrogen-bond donors (Lipinski definition) is 4. The lowest BCUT2D eigenvalue weighted by atomic mass is 10.1. The van der Waals surface area contributed by atoms with Gasteiger partial charge >= 0.3 is 23.9 Å². The first-order valence-corrected chi connectivity index (χ1v) is 12.6. The number of aliphatic hydroxyl groups is 4. The minimum atomic E-state index is -0.764. The maximum Gasteiger partial charge on any atom is 0.331 e. The molecule has 12 heteroatoms. The van der Waals surface area contributed by atoms with E-state index >= 15 is 0 Å². The summed E-state index contributed by atoms with van der Waals surface area (Å²) >= 11 is 0. The molecule has 220 valence electrons. The lowest BCUT2D eigenvalue weighted by Gasteiger charge is -2.11. The van der Waals surface area contributed by atoms with Gasteiger partial charge in [0.05, 0.1) is 38.6 Å². The van der Waals surface area contributed by atoms with Crippen LogP contribution < -0.4 is 0 Å². The predicted molar refractivity (Wildman–Crippen MR) is 137 cm³/mol. The van der Waals surface area contributed by atoms with Crippen molar-refractivity contribution in [2.24, 2.45) is 0 Å². The summed E-state index contributed by atoms with van der Waals surface area (Å²) in [5, 5.41) is 37.7. The highest BCUT2D eigenvalue weighted by atomic mass is 16.5. The van der Waals surface area contributed by atoms with E-state index < -0.39 is 36.1 Å². The lowest BCUT2D eigenvalue weighted by molar-refractivity contribution is -0.142. The molecule has 0 aromatic carbocycles. The number of esters is 4. The van der Waals surface area contributed by atoms with Gasteiger partial charge in [-0.15, -0.1) is 0 Å². The van der Waals surface area contributed by atoms with Crippen molar-refractivity contribution in [3.63, 3.8) is 0 Å². The van der Waals surface area contributed by atoms with E-state index in [2.05, 4.69) is 9.47 Å². The molecule has 0 heterocycles. The van der Waals surface area contributed by atoms with Crippen LogP contribution in [0.25, 0.3) is 0 Å². The van der Waals surface area contributed by atoms with E-state index in [1.165, 1.54) is 14.2 Å². The molecule has 4 N–H and O–H groups in total. The van der Waals surface area contributed by atoms with Crippen LogP contribution in [0.2, 0.25) is 0 Å². The Bertz CT molecular complexity index is 659. The summed E-state index contributed by atoms with van der Waals surface area (Å²) in [6.45, 7) is 3.51. The number of hydrogen-bond acceptors (Lipinski definition) is 12. The molecule has 0 saturated heterocycles. The van der Waals surface area contributed by atoms with E-state index in [1.54, 1.807) is 0 Å². The lowest BCUT2D eigenvalue weighted by Crippen LogP contribution is -2.18. The van der Waals surface area contributed by atoms with E-state index in [0.717, 1.165) is 24.3 Å². The number of rotatable bonds is 18. The standard InChI is InChI=1S/2C13H22O6/c2*1-3-10(14)5-4-6-11(15)9-19-13(17)8-7-12(16)18-2/h2*7-8,10-11,14-15H,3-6,9H2,1-2H3/b2*8-7+. The highest BCUT2D eigenvalue weighted by Gasteiger charge is 2.10. The monoisotopic (exact) mass is 548 g/mol. The second-order valence-corrected chi connectivity index (χ2v) is 8.27. The zero-order valence-corrected chi connectivity index (χ0v) is 22.7. The Morgan fingerprint density at radius 1 is 0.553 bits per heavy atom.